The normalized spacial score (nSPS) is 15.1. The number of aromatic carboxylic acids is 1. The van der Waals surface area contributed by atoms with E-state index in [-0.39, 0.29) is 0 Å². The van der Waals surface area contributed by atoms with Crippen molar-refractivity contribution in [2.24, 2.45) is 0 Å². The van der Waals surface area contributed by atoms with Crippen LogP contribution in [0.25, 0.3) is 0 Å². The van der Waals surface area contributed by atoms with Crippen LogP contribution in [0.15, 0.2) is 30.5 Å². The van der Waals surface area contributed by atoms with Crippen LogP contribution in [0.3, 0.4) is 0 Å². The van der Waals surface area contributed by atoms with Crippen molar-refractivity contribution in [3.05, 3.63) is 47.3 Å². The number of carboxylic acids is 1. The van der Waals surface area contributed by atoms with E-state index in [1.165, 1.54) is 0 Å². The third-order valence-corrected chi connectivity index (χ3v) is 3.99. The summed E-state index contributed by atoms with van der Waals surface area (Å²) in [5.74, 6) is -0.253. The number of hydrogen-bond donors (Lipinski definition) is 1. The highest BCUT2D eigenvalue weighted by Crippen LogP contribution is 2.27. The monoisotopic (exact) mass is 315 g/mol. The largest absolute Gasteiger partial charge is 0.492 e. The Hall–Kier alpha value is -2.34. The van der Waals surface area contributed by atoms with E-state index < -0.39 is 5.97 Å². The van der Waals surface area contributed by atoms with Crippen LogP contribution in [-0.2, 0) is 13.1 Å². The maximum absolute atomic E-state index is 11.4. The predicted molar refractivity (Wildman–Crippen MR) is 85.6 cm³/mol. The fourth-order valence-corrected chi connectivity index (χ4v) is 2.77. The lowest BCUT2D eigenvalue weighted by Gasteiger charge is -2.18. The first-order valence-electron chi connectivity index (χ1n) is 7.79. The van der Waals surface area contributed by atoms with Crippen molar-refractivity contribution in [3.63, 3.8) is 0 Å². The van der Waals surface area contributed by atoms with Crippen molar-refractivity contribution in [3.8, 4) is 5.75 Å². The number of rotatable bonds is 4. The molecule has 0 radical (unpaired) electrons. The molecule has 0 bridgehead atoms. The van der Waals surface area contributed by atoms with Gasteiger partial charge in [-0.05, 0) is 32.0 Å². The minimum absolute atomic E-state index is 0.308. The second-order valence-corrected chi connectivity index (χ2v) is 6.03. The number of benzene rings is 1. The van der Waals surface area contributed by atoms with E-state index >= 15 is 0 Å². The SMILES string of the molecule is CC(C)n1ccc(CN2CCOc3cccc(C(=O)O)c3C2)n1. The van der Waals surface area contributed by atoms with Crippen molar-refractivity contribution in [2.75, 3.05) is 13.2 Å². The minimum atomic E-state index is -0.920. The minimum Gasteiger partial charge on any atom is -0.492 e. The number of carbonyl (C=O) groups is 1. The lowest BCUT2D eigenvalue weighted by Crippen LogP contribution is -2.26. The Morgan fingerprint density at radius 2 is 2.22 bits per heavy atom. The lowest BCUT2D eigenvalue weighted by molar-refractivity contribution is 0.0694. The number of aromatic nitrogens is 2. The van der Waals surface area contributed by atoms with Crippen molar-refractivity contribution in [1.82, 2.24) is 14.7 Å². The molecule has 0 amide bonds. The van der Waals surface area contributed by atoms with Crippen molar-refractivity contribution >= 4 is 5.97 Å². The Balaban J connectivity index is 1.81. The van der Waals surface area contributed by atoms with E-state index in [2.05, 4.69) is 23.8 Å². The zero-order valence-electron chi connectivity index (χ0n) is 13.4. The summed E-state index contributed by atoms with van der Waals surface area (Å²) in [6.45, 7) is 6.68. The Kier molecular flexibility index (Phi) is 4.34. The molecule has 0 unspecified atom stereocenters. The van der Waals surface area contributed by atoms with Crippen LogP contribution in [0.5, 0.6) is 5.75 Å². The standard InChI is InChI=1S/C17H21N3O3/c1-12(2)20-7-6-13(18-20)10-19-8-9-23-16-5-3-4-14(17(21)22)15(16)11-19/h3-7,12H,8-11H2,1-2H3,(H,21,22). The molecule has 1 aromatic carbocycles. The van der Waals surface area contributed by atoms with Gasteiger partial charge in [-0.25, -0.2) is 4.79 Å². The van der Waals surface area contributed by atoms with Crippen LogP contribution >= 0.6 is 0 Å². The third-order valence-electron chi connectivity index (χ3n) is 3.99. The Morgan fingerprint density at radius 1 is 1.39 bits per heavy atom. The third kappa shape index (κ3) is 3.37. The number of nitrogens with zero attached hydrogens (tertiary/aromatic N) is 3. The van der Waals surface area contributed by atoms with Gasteiger partial charge < -0.3 is 9.84 Å². The summed E-state index contributed by atoms with van der Waals surface area (Å²) < 4.78 is 7.65. The first-order chi connectivity index (χ1) is 11.0. The molecule has 1 aliphatic heterocycles. The van der Waals surface area contributed by atoms with Crippen molar-refractivity contribution in [2.45, 2.75) is 33.0 Å². The Labute approximate surface area is 135 Å². The maximum Gasteiger partial charge on any atom is 0.336 e. The fraction of sp³-hybridized carbons (Fsp3) is 0.412. The molecule has 6 heteroatoms. The highest BCUT2D eigenvalue weighted by Gasteiger charge is 2.21. The molecule has 0 fully saturated rings. The molecule has 1 aliphatic rings. The molecular weight excluding hydrogens is 294 g/mol. The molecule has 1 aromatic heterocycles. The van der Waals surface area contributed by atoms with E-state index in [1.807, 2.05) is 23.0 Å². The topological polar surface area (TPSA) is 67.6 Å². The molecule has 1 N–H and O–H groups in total. The van der Waals surface area contributed by atoms with Crippen molar-refractivity contribution < 1.29 is 14.6 Å². The van der Waals surface area contributed by atoms with Gasteiger partial charge >= 0.3 is 5.97 Å². The smallest absolute Gasteiger partial charge is 0.336 e. The molecule has 0 aliphatic carbocycles. The average Bonchev–Trinajstić information content (AvgIpc) is 2.87. The fourth-order valence-electron chi connectivity index (χ4n) is 2.77. The van der Waals surface area contributed by atoms with Gasteiger partial charge in [0.25, 0.3) is 0 Å². The van der Waals surface area contributed by atoms with Gasteiger partial charge in [-0.1, -0.05) is 6.07 Å². The molecule has 23 heavy (non-hydrogen) atoms. The molecule has 0 saturated heterocycles. The summed E-state index contributed by atoms with van der Waals surface area (Å²) in [4.78, 5) is 13.6. The first-order valence-corrected chi connectivity index (χ1v) is 7.79. The maximum atomic E-state index is 11.4. The van der Waals surface area contributed by atoms with Gasteiger partial charge in [-0.2, -0.15) is 5.10 Å². The summed E-state index contributed by atoms with van der Waals surface area (Å²) in [5, 5.41) is 13.9. The quantitative estimate of drug-likeness (QED) is 0.939. The summed E-state index contributed by atoms with van der Waals surface area (Å²) >= 11 is 0. The van der Waals surface area contributed by atoms with Gasteiger partial charge in [0, 0.05) is 37.4 Å². The molecule has 6 nitrogen and oxygen atoms in total. The molecule has 2 aromatic rings. The molecule has 2 heterocycles. The Morgan fingerprint density at radius 3 is 2.91 bits per heavy atom. The molecule has 0 atom stereocenters. The molecule has 0 saturated carbocycles. The van der Waals surface area contributed by atoms with E-state index in [1.54, 1.807) is 12.1 Å². The van der Waals surface area contributed by atoms with Crippen LogP contribution in [0.1, 0.15) is 41.5 Å². The van der Waals surface area contributed by atoms with Gasteiger partial charge in [0.1, 0.15) is 12.4 Å². The van der Waals surface area contributed by atoms with Crippen LogP contribution in [0.4, 0.5) is 0 Å². The van der Waals surface area contributed by atoms with Crippen LogP contribution in [0.2, 0.25) is 0 Å². The van der Waals surface area contributed by atoms with Crippen LogP contribution in [0, 0.1) is 0 Å². The van der Waals surface area contributed by atoms with Gasteiger partial charge in [0.05, 0.1) is 11.3 Å². The second kappa shape index (κ2) is 6.42. The molecule has 122 valence electrons. The average molecular weight is 315 g/mol. The summed E-state index contributed by atoms with van der Waals surface area (Å²) in [6, 6.07) is 7.52. The lowest BCUT2D eigenvalue weighted by atomic mass is 10.1. The summed E-state index contributed by atoms with van der Waals surface area (Å²) in [6.07, 6.45) is 1.98. The van der Waals surface area contributed by atoms with E-state index in [0.29, 0.717) is 37.1 Å². The highest BCUT2D eigenvalue weighted by molar-refractivity contribution is 5.90. The predicted octanol–water partition coefficient (Wildman–Crippen LogP) is 2.56. The zero-order chi connectivity index (χ0) is 16.4. The molecule has 3 rings (SSSR count). The van der Waals surface area contributed by atoms with Gasteiger partial charge in [0.15, 0.2) is 0 Å². The number of ether oxygens (including phenoxy) is 1. The van der Waals surface area contributed by atoms with E-state index in [4.69, 9.17) is 4.74 Å². The van der Waals surface area contributed by atoms with Gasteiger partial charge in [0.2, 0.25) is 0 Å². The zero-order valence-corrected chi connectivity index (χ0v) is 13.4. The van der Waals surface area contributed by atoms with Gasteiger partial charge in [-0.15, -0.1) is 0 Å². The number of carboxylic acid groups (broad SMARTS) is 1. The second-order valence-electron chi connectivity index (χ2n) is 6.03. The Bertz CT molecular complexity index is 709. The molecule has 0 spiro atoms. The number of hydrogen-bond acceptors (Lipinski definition) is 4. The molecular formula is C17H21N3O3. The van der Waals surface area contributed by atoms with Crippen molar-refractivity contribution in [1.29, 1.82) is 0 Å². The van der Waals surface area contributed by atoms with Gasteiger partial charge in [-0.3, -0.25) is 9.58 Å². The van der Waals surface area contributed by atoms with Crippen LogP contribution in [-0.4, -0.2) is 38.9 Å². The summed E-state index contributed by atoms with van der Waals surface area (Å²) in [7, 11) is 0. The highest BCUT2D eigenvalue weighted by atomic mass is 16.5. The van der Waals surface area contributed by atoms with Crippen LogP contribution < -0.4 is 4.74 Å². The van der Waals surface area contributed by atoms with E-state index in [9.17, 15) is 9.90 Å². The summed E-state index contributed by atoms with van der Waals surface area (Å²) in [5.41, 5.74) is 2.03. The van der Waals surface area contributed by atoms with E-state index in [0.717, 1.165) is 17.8 Å². The first kappa shape index (κ1) is 15.6. The number of fused-ring (bicyclic) bond motifs is 1.